The van der Waals surface area contributed by atoms with Crippen LogP contribution in [-0.2, 0) is 35.2 Å². The highest BCUT2D eigenvalue weighted by Crippen LogP contribution is 2.31. The number of benzene rings is 1. The molecule has 3 radical (unpaired) electrons. The molecular weight excluding hydrogens is 539 g/mol. The van der Waals surface area contributed by atoms with Crippen LogP contribution in [0.1, 0.15) is 133 Å². The summed E-state index contributed by atoms with van der Waals surface area (Å²) < 4.78 is 16.3. The first-order chi connectivity index (χ1) is 18.3. The molecule has 0 spiro atoms. The predicted octanol–water partition coefficient (Wildman–Crippen LogP) is 9.03. The van der Waals surface area contributed by atoms with Crippen LogP contribution in [0.15, 0.2) is 30.3 Å². The van der Waals surface area contributed by atoms with E-state index in [1.165, 1.54) is 58.3 Å². The Morgan fingerprint density at radius 3 is 1.65 bits per heavy atom. The van der Waals surface area contributed by atoms with Gasteiger partial charge in [0.15, 0.2) is 0 Å². The zero-order valence-corrected chi connectivity index (χ0v) is 24.7. The van der Waals surface area contributed by atoms with Crippen LogP contribution in [0.4, 0.5) is 0 Å². The van der Waals surface area contributed by atoms with Crippen molar-refractivity contribution in [2.45, 2.75) is 146 Å². The normalized spacial score (nSPS) is 16.7. The van der Waals surface area contributed by atoms with Gasteiger partial charge in [0.2, 0.25) is 0 Å². The molecule has 3 unspecified atom stereocenters. The number of carbonyl (C=O) groups excluding carboxylic acids is 3. The highest BCUT2D eigenvalue weighted by molar-refractivity contribution is 5.98. The largest absolute Gasteiger partial charge is 0.460 e. The van der Waals surface area contributed by atoms with Gasteiger partial charge in [0, 0.05) is 29.1 Å². The summed E-state index contributed by atoms with van der Waals surface area (Å²) in [5, 5.41) is 0. The Balaban J connectivity index is -0.000000351. The first-order valence-electron chi connectivity index (χ1n) is 14.6. The third-order valence-electron chi connectivity index (χ3n) is 8.05. The van der Waals surface area contributed by atoms with Crippen molar-refractivity contribution in [3.05, 3.63) is 35.9 Å². The van der Waals surface area contributed by atoms with Crippen molar-refractivity contribution in [1.29, 1.82) is 0 Å². The average Bonchev–Trinajstić information content (AvgIpc) is 2.92. The lowest BCUT2D eigenvalue weighted by Gasteiger charge is -2.29. The molecule has 3 rings (SSSR count). The molecule has 2 aliphatic carbocycles. The topological polar surface area (TPSA) is 78.9 Å². The molecule has 0 saturated heterocycles. The minimum Gasteiger partial charge on any atom is -0.460 e. The molecule has 3 atom stereocenters. The van der Waals surface area contributed by atoms with Gasteiger partial charge in [-0.1, -0.05) is 124 Å². The van der Waals surface area contributed by atoms with Gasteiger partial charge in [-0.2, -0.15) is 0 Å². The number of ether oxygens (including phenoxy) is 3. The van der Waals surface area contributed by atoms with E-state index in [2.05, 4.69) is 0 Å². The number of ketones is 2. The van der Waals surface area contributed by atoms with E-state index in [0.29, 0.717) is 12.3 Å². The van der Waals surface area contributed by atoms with E-state index in [1.54, 1.807) is 21.1 Å². The molecule has 0 N–H and O–H groups in total. The van der Waals surface area contributed by atoms with Crippen LogP contribution in [0.25, 0.3) is 0 Å². The number of hydrogen-bond donors (Lipinski definition) is 0. The minimum absolute atomic E-state index is 0. The van der Waals surface area contributed by atoms with Gasteiger partial charge < -0.3 is 14.2 Å². The summed E-state index contributed by atoms with van der Waals surface area (Å²) in [5.74, 6) is 0.0820. The molecule has 6 nitrogen and oxygen atoms in total. The fourth-order valence-electron chi connectivity index (χ4n) is 5.90. The highest BCUT2D eigenvalue weighted by atomic mass is 16.5. The summed E-state index contributed by atoms with van der Waals surface area (Å²) in [6, 6.07) is 9.49. The molecule has 0 aromatic heterocycles. The van der Waals surface area contributed by atoms with E-state index in [-0.39, 0.29) is 62.4 Å². The number of esters is 1. The standard InChI is InChI=1S/C20H28O4.C12H22O2.4CH4.B/c1-15(21)19(18(23-2)13-16-9-5-3-6-10-16)20(22)24-14-17-11-7-4-8-12-17;1-10(13)8-12(14-2)9-11-6-4-3-5-7-11;;;;;/h4,7-8,11-12,16,18-19H,3,5-6,9-10,13-14H2,1-2H3;11-12H,3-9H2,1-2H3;4*1H4;. The van der Waals surface area contributed by atoms with Crippen LogP contribution < -0.4 is 0 Å². The van der Waals surface area contributed by atoms with Gasteiger partial charge in [-0.25, -0.2) is 0 Å². The van der Waals surface area contributed by atoms with Crippen LogP contribution in [-0.4, -0.2) is 52.4 Å². The summed E-state index contributed by atoms with van der Waals surface area (Å²) in [5.41, 5.74) is 0.911. The predicted molar refractivity (Wildman–Crippen MR) is 182 cm³/mol. The van der Waals surface area contributed by atoms with Gasteiger partial charge >= 0.3 is 5.97 Å². The molecule has 1 aromatic carbocycles. The second kappa shape index (κ2) is 27.6. The van der Waals surface area contributed by atoms with Gasteiger partial charge in [-0.3, -0.25) is 14.4 Å². The van der Waals surface area contributed by atoms with Gasteiger partial charge in [0.25, 0.3) is 0 Å². The zero-order chi connectivity index (χ0) is 27.8. The lowest BCUT2D eigenvalue weighted by molar-refractivity contribution is -0.159. The molecule has 2 aliphatic rings. The molecular formula is C36H66BO6. The molecule has 0 amide bonds. The van der Waals surface area contributed by atoms with Gasteiger partial charge in [-0.15, -0.1) is 0 Å². The smallest absolute Gasteiger partial charge is 0.319 e. The second-order valence-electron chi connectivity index (χ2n) is 11.2. The maximum atomic E-state index is 12.5. The first kappa shape index (κ1) is 47.9. The third-order valence-corrected chi connectivity index (χ3v) is 8.05. The van der Waals surface area contributed by atoms with Crippen molar-refractivity contribution >= 4 is 25.9 Å². The first-order valence-corrected chi connectivity index (χ1v) is 14.6. The van der Waals surface area contributed by atoms with E-state index >= 15 is 0 Å². The third kappa shape index (κ3) is 19.1. The van der Waals surface area contributed by atoms with Gasteiger partial charge in [0.05, 0.1) is 12.2 Å². The molecule has 43 heavy (non-hydrogen) atoms. The van der Waals surface area contributed by atoms with Crippen molar-refractivity contribution in [3.63, 3.8) is 0 Å². The molecule has 2 saturated carbocycles. The van der Waals surface area contributed by atoms with Gasteiger partial charge in [0.1, 0.15) is 24.1 Å². The van der Waals surface area contributed by atoms with Crippen molar-refractivity contribution in [2.24, 2.45) is 17.8 Å². The van der Waals surface area contributed by atoms with Crippen LogP contribution >= 0.6 is 0 Å². The van der Waals surface area contributed by atoms with E-state index in [9.17, 15) is 14.4 Å². The Morgan fingerprint density at radius 2 is 1.23 bits per heavy atom. The van der Waals surface area contributed by atoms with E-state index in [4.69, 9.17) is 14.2 Å². The quantitative estimate of drug-likeness (QED) is 0.127. The Kier molecular flexibility index (Phi) is 30.7. The summed E-state index contributed by atoms with van der Waals surface area (Å²) in [6.07, 6.45) is 15.0. The SMILES string of the molecule is C.C.C.C.COC(CC(C)=O)CC1CCCCC1.COC(CC1CCCCC1)C(C(C)=O)C(=O)OCc1ccccc1.[B]. The average molecular weight is 606 g/mol. The Hall–Kier alpha value is -1.99. The molecule has 2 fully saturated rings. The Morgan fingerprint density at radius 1 is 0.744 bits per heavy atom. The van der Waals surface area contributed by atoms with Crippen molar-refractivity contribution in [2.75, 3.05) is 14.2 Å². The highest BCUT2D eigenvalue weighted by Gasteiger charge is 2.35. The summed E-state index contributed by atoms with van der Waals surface area (Å²) >= 11 is 0. The zero-order valence-electron chi connectivity index (χ0n) is 24.7. The molecule has 7 heteroatoms. The van der Waals surface area contributed by atoms with E-state index < -0.39 is 18.0 Å². The fraction of sp³-hybridized carbons (Fsp3) is 0.750. The van der Waals surface area contributed by atoms with Crippen molar-refractivity contribution in [1.82, 2.24) is 0 Å². The number of carbonyl (C=O) groups is 3. The van der Waals surface area contributed by atoms with E-state index in [1.807, 2.05) is 30.3 Å². The Bertz CT molecular complexity index is 818. The van der Waals surface area contributed by atoms with Crippen LogP contribution in [0.2, 0.25) is 0 Å². The summed E-state index contributed by atoms with van der Waals surface area (Å²) in [6.45, 7) is 3.28. The lowest BCUT2D eigenvalue weighted by atomic mass is 9.82. The molecule has 0 aliphatic heterocycles. The summed E-state index contributed by atoms with van der Waals surface area (Å²) in [4.78, 5) is 35.5. The van der Waals surface area contributed by atoms with Crippen LogP contribution in [0, 0.1) is 17.8 Å². The number of rotatable bonds is 13. The molecule has 249 valence electrons. The number of hydrogen-bond acceptors (Lipinski definition) is 6. The summed E-state index contributed by atoms with van der Waals surface area (Å²) in [7, 11) is 3.30. The fourth-order valence-corrected chi connectivity index (χ4v) is 5.90. The molecule has 1 aromatic rings. The monoisotopic (exact) mass is 605 g/mol. The van der Waals surface area contributed by atoms with E-state index in [0.717, 1.165) is 37.2 Å². The van der Waals surface area contributed by atoms with Crippen molar-refractivity contribution in [3.8, 4) is 0 Å². The maximum Gasteiger partial charge on any atom is 0.319 e. The number of methoxy groups -OCH3 is 2. The lowest BCUT2D eigenvalue weighted by Crippen LogP contribution is -2.38. The van der Waals surface area contributed by atoms with Crippen LogP contribution in [0.3, 0.4) is 0 Å². The Labute approximate surface area is 268 Å². The van der Waals surface area contributed by atoms with Crippen LogP contribution in [0.5, 0.6) is 0 Å². The van der Waals surface area contributed by atoms with Crippen molar-refractivity contribution < 1.29 is 28.6 Å². The van der Waals surface area contributed by atoms with Gasteiger partial charge in [-0.05, 0) is 44.1 Å². The second-order valence-corrected chi connectivity index (χ2v) is 11.2. The minimum atomic E-state index is -0.833. The molecule has 0 heterocycles. The maximum absolute atomic E-state index is 12.5. The molecule has 0 bridgehead atoms. The number of Topliss-reactive ketones (excluding diaryl/α,β-unsaturated/α-hetero) is 2.